The number of carbonyl (C=O) groups excluding carboxylic acids is 2. The summed E-state index contributed by atoms with van der Waals surface area (Å²) in [6, 6.07) is 4.75. The van der Waals surface area contributed by atoms with Crippen molar-refractivity contribution in [2.24, 2.45) is 5.41 Å². The molecule has 3 aliphatic carbocycles. The van der Waals surface area contributed by atoms with Gasteiger partial charge in [0.2, 0.25) is 0 Å². The third-order valence-corrected chi connectivity index (χ3v) is 6.26. The number of rotatable bonds is 8. The van der Waals surface area contributed by atoms with Gasteiger partial charge in [0, 0.05) is 18.0 Å². The van der Waals surface area contributed by atoms with Crippen LogP contribution in [-0.2, 0) is 4.79 Å². The normalized spacial score (nSPS) is 24.0. The van der Waals surface area contributed by atoms with Crippen LogP contribution in [-0.4, -0.2) is 33.8 Å². The Balaban J connectivity index is 1.23. The highest BCUT2D eigenvalue weighted by molar-refractivity contribution is 6.42. The molecule has 0 saturated heterocycles. The molecular weight excluding hydrogens is 439 g/mol. The first-order chi connectivity index (χ1) is 14.2. The number of halogens is 4. The zero-order valence-corrected chi connectivity index (χ0v) is 17.1. The van der Waals surface area contributed by atoms with Crippen LogP contribution in [0.15, 0.2) is 30.6 Å². The maximum absolute atomic E-state index is 12.5. The second-order valence-electron chi connectivity index (χ2n) is 7.95. The lowest BCUT2D eigenvalue weighted by atomic mass is 9.38. The summed E-state index contributed by atoms with van der Waals surface area (Å²) in [7, 11) is 0. The Morgan fingerprint density at radius 1 is 1.13 bits per heavy atom. The minimum absolute atomic E-state index is 0.0808. The van der Waals surface area contributed by atoms with Gasteiger partial charge in [0.1, 0.15) is 17.1 Å². The van der Waals surface area contributed by atoms with Gasteiger partial charge in [-0.3, -0.25) is 14.6 Å². The highest BCUT2D eigenvalue weighted by Gasteiger charge is 2.68. The summed E-state index contributed by atoms with van der Waals surface area (Å²) >= 11 is 11.8. The average molecular weight is 456 g/mol. The van der Waals surface area contributed by atoms with Crippen molar-refractivity contribution in [1.29, 1.82) is 0 Å². The van der Waals surface area contributed by atoms with Gasteiger partial charge in [-0.05, 0) is 36.8 Å². The third-order valence-electron chi connectivity index (χ3n) is 5.52. The van der Waals surface area contributed by atoms with Crippen LogP contribution in [0.4, 0.5) is 8.78 Å². The second kappa shape index (κ2) is 7.74. The smallest absolute Gasteiger partial charge is 0.281 e. The Morgan fingerprint density at radius 3 is 2.47 bits per heavy atom. The zero-order valence-electron chi connectivity index (χ0n) is 15.6. The molecule has 3 fully saturated rings. The number of hydrogen-bond donors (Lipinski definition) is 1. The summed E-state index contributed by atoms with van der Waals surface area (Å²) in [5.74, 6) is -0.0433. The molecule has 0 spiro atoms. The van der Waals surface area contributed by atoms with Crippen molar-refractivity contribution in [2.45, 2.75) is 37.6 Å². The van der Waals surface area contributed by atoms with Gasteiger partial charge in [0.05, 0.1) is 22.4 Å². The van der Waals surface area contributed by atoms with E-state index in [-0.39, 0.29) is 41.4 Å². The van der Waals surface area contributed by atoms with Gasteiger partial charge < -0.3 is 10.1 Å². The van der Waals surface area contributed by atoms with E-state index in [0.717, 1.165) is 12.4 Å². The Bertz CT molecular complexity index is 982. The first-order valence-corrected chi connectivity index (χ1v) is 9.97. The summed E-state index contributed by atoms with van der Waals surface area (Å²) in [6.45, 7) is -0.155. The van der Waals surface area contributed by atoms with Crippen molar-refractivity contribution in [1.82, 2.24) is 15.3 Å². The van der Waals surface area contributed by atoms with Crippen molar-refractivity contribution in [2.75, 3.05) is 6.61 Å². The first kappa shape index (κ1) is 20.9. The minimum Gasteiger partial charge on any atom is -0.484 e. The molecule has 3 saturated carbocycles. The lowest BCUT2D eigenvalue weighted by molar-refractivity contribution is -0.164. The topological polar surface area (TPSA) is 81.2 Å². The number of amides is 1. The van der Waals surface area contributed by atoms with E-state index in [9.17, 15) is 18.4 Å². The first-order valence-electron chi connectivity index (χ1n) is 9.22. The molecule has 0 aliphatic heterocycles. The molecule has 10 heteroatoms. The summed E-state index contributed by atoms with van der Waals surface area (Å²) in [4.78, 5) is 31.9. The van der Waals surface area contributed by atoms with Crippen LogP contribution in [0.3, 0.4) is 0 Å². The lowest BCUT2D eigenvalue weighted by Crippen LogP contribution is -2.75. The SMILES string of the molecule is O=C(COc1ccc(Cl)c(Cl)c1)NC12CC(CC(=O)c3cnc(C(F)F)cn3)(C1)C2. The molecule has 2 aromatic rings. The molecule has 2 bridgehead atoms. The zero-order chi connectivity index (χ0) is 21.5. The van der Waals surface area contributed by atoms with Crippen LogP contribution in [0.5, 0.6) is 5.75 Å². The Kier molecular flexibility index (Phi) is 5.40. The van der Waals surface area contributed by atoms with Gasteiger partial charge in [0.25, 0.3) is 12.3 Å². The highest BCUT2D eigenvalue weighted by atomic mass is 35.5. The molecule has 158 valence electrons. The highest BCUT2D eigenvalue weighted by Crippen LogP contribution is 2.69. The van der Waals surface area contributed by atoms with E-state index in [1.807, 2.05) is 0 Å². The molecule has 0 atom stereocenters. The molecule has 0 unspecified atom stereocenters. The van der Waals surface area contributed by atoms with E-state index >= 15 is 0 Å². The van der Waals surface area contributed by atoms with Crippen molar-refractivity contribution in [3.05, 3.63) is 52.0 Å². The number of ether oxygens (including phenoxy) is 1. The van der Waals surface area contributed by atoms with Gasteiger partial charge in [-0.2, -0.15) is 0 Å². The van der Waals surface area contributed by atoms with Crippen LogP contribution in [0.2, 0.25) is 10.0 Å². The number of nitrogens with zero attached hydrogens (tertiary/aromatic N) is 2. The molecule has 30 heavy (non-hydrogen) atoms. The summed E-state index contributed by atoms with van der Waals surface area (Å²) in [5.41, 5.74) is -0.847. The quantitative estimate of drug-likeness (QED) is 0.596. The molecule has 5 rings (SSSR count). The van der Waals surface area contributed by atoms with Gasteiger partial charge in [0.15, 0.2) is 12.4 Å². The van der Waals surface area contributed by atoms with Crippen LogP contribution < -0.4 is 10.1 Å². The van der Waals surface area contributed by atoms with E-state index in [1.54, 1.807) is 12.1 Å². The number of carbonyl (C=O) groups is 2. The van der Waals surface area contributed by atoms with Gasteiger partial charge >= 0.3 is 0 Å². The third kappa shape index (κ3) is 4.11. The fourth-order valence-corrected chi connectivity index (χ4v) is 4.68. The Labute approximate surface area is 180 Å². The average Bonchev–Trinajstić information content (AvgIpc) is 2.66. The van der Waals surface area contributed by atoms with Crippen molar-refractivity contribution in [3.8, 4) is 5.75 Å². The Morgan fingerprint density at radius 2 is 1.87 bits per heavy atom. The molecular formula is C20H17Cl2F2N3O3. The van der Waals surface area contributed by atoms with Gasteiger partial charge in [-0.1, -0.05) is 23.2 Å². The molecule has 3 aliphatic rings. The van der Waals surface area contributed by atoms with E-state index in [0.29, 0.717) is 35.1 Å². The maximum atomic E-state index is 12.5. The number of Topliss-reactive ketones (excluding diaryl/α,β-unsaturated/α-hetero) is 1. The minimum atomic E-state index is -2.72. The largest absolute Gasteiger partial charge is 0.484 e. The van der Waals surface area contributed by atoms with Crippen molar-refractivity contribution in [3.63, 3.8) is 0 Å². The van der Waals surface area contributed by atoms with Crippen LogP contribution in [0, 0.1) is 5.41 Å². The molecule has 1 N–H and O–H groups in total. The summed E-state index contributed by atoms with van der Waals surface area (Å²) in [6.07, 6.45) is 1.62. The van der Waals surface area contributed by atoms with E-state index in [4.69, 9.17) is 27.9 Å². The predicted molar refractivity (Wildman–Crippen MR) is 105 cm³/mol. The van der Waals surface area contributed by atoms with E-state index in [2.05, 4.69) is 15.3 Å². The number of aromatic nitrogens is 2. The number of alkyl halides is 2. The van der Waals surface area contributed by atoms with E-state index in [1.165, 1.54) is 6.07 Å². The Hall–Kier alpha value is -2.32. The predicted octanol–water partition coefficient (Wildman–Crippen LogP) is 4.41. The van der Waals surface area contributed by atoms with Gasteiger partial charge in [-0.25, -0.2) is 13.8 Å². The molecule has 1 aromatic heterocycles. The lowest BCUT2D eigenvalue weighted by Gasteiger charge is -2.70. The fraction of sp³-hybridized carbons (Fsp3) is 0.400. The fourth-order valence-electron chi connectivity index (χ4n) is 4.39. The van der Waals surface area contributed by atoms with Crippen LogP contribution >= 0.6 is 23.2 Å². The van der Waals surface area contributed by atoms with Crippen molar-refractivity contribution >= 4 is 34.9 Å². The maximum Gasteiger partial charge on any atom is 0.281 e. The number of hydrogen-bond acceptors (Lipinski definition) is 5. The summed E-state index contributed by atoms with van der Waals surface area (Å²) in [5, 5.41) is 3.71. The molecule has 6 nitrogen and oxygen atoms in total. The monoisotopic (exact) mass is 455 g/mol. The molecule has 1 aromatic carbocycles. The summed E-state index contributed by atoms with van der Waals surface area (Å²) < 4.78 is 30.5. The van der Waals surface area contributed by atoms with Crippen molar-refractivity contribution < 1.29 is 23.1 Å². The van der Waals surface area contributed by atoms with Crippen LogP contribution in [0.25, 0.3) is 0 Å². The molecule has 1 heterocycles. The number of nitrogens with one attached hydrogen (secondary N) is 1. The molecule has 1 amide bonds. The standard InChI is InChI=1S/C20H17Cl2F2N3O3/c21-12-2-1-11(3-13(12)22)30-7-17(29)27-20-8-19(9-20,10-20)4-16(28)14-5-26-15(6-25-14)18(23)24/h1-3,5-6,18H,4,7-10H2,(H,27,29). The van der Waals surface area contributed by atoms with Crippen LogP contribution in [0.1, 0.15) is 48.3 Å². The molecule has 0 radical (unpaired) electrons. The number of benzene rings is 1. The number of ketones is 1. The second-order valence-corrected chi connectivity index (χ2v) is 8.76. The van der Waals surface area contributed by atoms with E-state index < -0.39 is 12.1 Å². The van der Waals surface area contributed by atoms with Gasteiger partial charge in [-0.15, -0.1) is 0 Å².